The van der Waals surface area contributed by atoms with E-state index in [0.29, 0.717) is 17.1 Å². The third kappa shape index (κ3) is 4.39. The first-order valence-electron chi connectivity index (χ1n) is 9.53. The third-order valence-electron chi connectivity index (χ3n) is 4.72. The van der Waals surface area contributed by atoms with Crippen LogP contribution in [0.1, 0.15) is 21.7 Å². The number of rotatable bonds is 5. The summed E-state index contributed by atoms with van der Waals surface area (Å²) in [6.45, 7) is 3.80. The first-order valence-corrected chi connectivity index (χ1v) is 10.8. The summed E-state index contributed by atoms with van der Waals surface area (Å²) in [5, 5.41) is 19.5. The molecular weight excluding hydrogens is 448 g/mol. The Morgan fingerprint density at radius 2 is 1.78 bits per heavy atom. The minimum atomic E-state index is -0.377. The molecule has 9 nitrogen and oxygen atoms in total. The van der Waals surface area contributed by atoms with Crippen LogP contribution in [0.4, 0.5) is 5.69 Å². The monoisotopic (exact) mass is 468 g/mol. The Balaban J connectivity index is 1.52. The van der Waals surface area contributed by atoms with E-state index in [2.05, 4.69) is 25.9 Å². The highest BCUT2D eigenvalue weighted by atomic mass is 32.1. The van der Waals surface area contributed by atoms with Gasteiger partial charge in [0.05, 0.1) is 14.2 Å². The molecule has 0 saturated heterocycles. The number of methoxy groups -OCH3 is 2. The van der Waals surface area contributed by atoms with Gasteiger partial charge in [0.2, 0.25) is 4.96 Å². The van der Waals surface area contributed by atoms with E-state index in [1.807, 2.05) is 32.0 Å². The van der Waals surface area contributed by atoms with E-state index in [1.165, 1.54) is 25.6 Å². The van der Waals surface area contributed by atoms with Gasteiger partial charge in [0.1, 0.15) is 16.5 Å². The molecule has 1 amide bonds. The number of hydrogen-bond donors (Lipinski definition) is 2. The topological polar surface area (TPSA) is 103 Å². The highest BCUT2D eigenvalue weighted by Crippen LogP contribution is 2.29. The van der Waals surface area contributed by atoms with Crippen LogP contribution >= 0.6 is 23.6 Å². The quantitative estimate of drug-likeness (QED) is 0.428. The molecule has 0 bridgehead atoms. The van der Waals surface area contributed by atoms with Gasteiger partial charge in [-0.05, 0) is 49.8 Å². The summed E-state index contributed by atoms with van der Waals surface area (Å²) < 4.78 is 12.1. The van der Waals surface area contributed by atoms with Gasteiger partial charge in [-0.25, -0.2) is 0 Å². The number of anilines is 1. The minimum absolute atomic E-state index is 0.172. The summed E-state index contributed by atoms with van der Waals surface area (Å²) in [6.07, 6.45) is 0. The molecule has 4 aromatic rings. The van der Waals surface area contributed by atoms with Gasteiger partial charge in [0.15, 0.2) is 10.9 Å². The van der Waals surface area contributed by atoms with Crippen molar-refractivity contribution in [3.05, 3.63) is 53.3 Å². The van der Waals surface area contributed by atoms with Crippen molar-refractivity contribution in [1.82, 2.24) is 25.1 Å². The van der Waals surface area contributed by atoms with E-state index in [1.54, 1.807) is 22.7 Å². The number of nitrogens with one attached hydrogen (secondary N) is 2. The molecule has 2 aromatic heterocycles. The van der Waals surface area contributed by atoms with Crippen LogP contribution in [-0.2, 0) is 0 Å². The number of benzene rings is 2. The zero-order chi connectivity index (χ0) is 22.8. The molecule has 0 radical (unpaired) electrons. The van der Waals surface area contributed by atoms with Gasteiger partial charge in [-0.2, -0.15) is 9.61 Å². The highest BCUT2D eigenvalue weighted by Gasteiger charge is 2.14. The molecule has 2 aromatic carbocycles. The molecule has 0 aliphatic rings. The van der Waals surface area contributed by atoms with Gasteiger partial charge in [0.25, 0.3) is 5.91 Å². The Bertz CT molecular complexity index is 1310. The molecule has 11 heteroatoms. The number of nitrogens with zero attached hydrogens (tertiary/aromatic N) is 4. The second-order valence-corrected chi connectivity index (χ2v) is 8.25. The molecule has 2 heterocycles. The second kappa shape index (κ2) is 8.89. The lowest BCUT2D eigenvalue weighted by Gasteiger charge is -2.13. The Morgan fingerprint density at radius 1 is 1.06 bits per heavy atom. The van der Waals surface area contributed by atoms with E-state index < -0.39 is 0 Å². The maximum absolute atomic E-state index is 12.7. The fourth-order valence-corrected chi connectivity index (χ4v) is 4.07. The fourth-order valence-electron chi connectivity index (χ4n) is 2.99. The lowest BCUT2D eigenvalue weighted by molar-refractivity contribution is 0.0977. The van der Waals surface area contributed by atoms with Crippen LogP contribution in [0.15, 0.2) is 36.4 Å². The lowest BCUT2D eigenvalue weighted by atomic mass is 10.1. The predicted octanol–water partition coefficient (Wildman–Crippen LogP) is 3.61. The maximum atomic E-state index is 12.7. The Kier molecular flexibility index (Phi) is 6.01. The highest BCUT2D eigenvalue weighted by molar-refractivity contribution is 7.80. The smallest absolute Gasteiger partial charge is 0.257 e. The van der Waals surface area contributed by atoms with Gasteiger partial charge in [-0.3, -0.25) is 10.1 Å². The van der Waals surface area contributed by atoms with Gasteiger partial charge in [0, 0.05) is 22.9 Å². The summed E-state index contributed by atoms with van der Waals surface area (Å²) in [5.74, 6) is 1.37. The average Bonchev–Trinajstić information content (AvgIpc) is 3.36. The summed E-state index contributed by atoms with van der Waals surface area (Å²) in [7, 11) is 3.05. The van der Waals surface area contributed by atoms with Gasteiger partial charge in [-0.1, -0.05) is 23.5 Å². The summed E-state index contributed by atoms with van der Waals surface area (Å²) in [5.41, 5.74) is 3.00. The number of aryl methyl sites for hydroxylation is 2. The van der Waals surface area contributed by atoms with Gasteiger partial charge >= 0.3 is 0 Å². The predicted molar refractivity (Wildman–Crippen MR) is 127 cm³/mol. The van der Waals surface area contributed by atoms with E-state index in [-0.39, 0.29) is 11.0 Å². The van der Waals surface area contributed by atoms with Gasteiger partial charge in [-0.15, -0.1) is 10.2 Å². The van der Waals surface area contributed by atoms with Crippen LogP contribution in [0.25, 0.3) is 15.5 Å². The van der Waals surface area contributed by atoms with Crippen LogP contribution in [0.5, 0.6) is 11.5 Å². The number of ether oxygens (including phenoxy) is 2. The first-order chi connectivity index (χ1) is 15.4. The molecule has 0 spiro atoms. The van der Waals surface area contributed by atoms with Crippen molar-refractivity contribution in [2.75, 3.05) is 19.5 Å². The summed E-state index contributed by atoms with van der Waals surface area (Å²) in [4.78, 5) is 13.4. The normalized spacial score (nSPS) is 10.8. The number of thiocarbonyl (C=S) groups is 1. The van der Waals surface area contributed by atoms with Crippen LogP contribution in [0, 0.1) is 13.8 Å². The maximum Gasteiger partial charge on any atom is 0.257 e. The van der Waals surface area contributed by atoms with E-state index >= 15 is 0 Å². The van der Waals surface area contributed by atoms with Gasteiger partial charge < -0.3 is 14.8 Å². The Hall–Kier alpha value is -3.57. The lowest BCUT2D eigenvalue weighted by Crippen LogP contribution is -2.34. The molecule has 4 rings (SSSR count). The molecule has 2 N–H and O–H groups in total. The van der Waals surface area contributed by atoms with Crippen molar-refractivity contribution in [3.63, 3.8) is 0 Å². The summed E-state index contributed by atoms with van der Waals surface area (Å²) >= 11 is 6.81. The average molecular weight is 469 g/mol. The van der Waals surface area contributed by atoms with Crippen molar-refractivity contribution in [2.24, 2.45) is 0 Å². The van der Waals surface area contributed by atoms with Crippen molar-refractivity contribution in [1.29, 1.82) is 0 Å². The van der Waals surface area contributed by atoms with E-state index in [0.717, 1.165) is 32.6 Å². The molecular formula is C21H20N6O3S2. The van der Waals surface area contributed by atoms with Crippen molar-refractivity contribution in [3.8, 4) is 22.1 Å². The Morgan fingerprint density at radius 3 is 2.44 bits per heavy atom. The number of fused-ring (bicyclic) bond motifs is 1. The number of amides is 1. The van der Waals surface area contributed by atoms with Crippen molar-refractivity contribution < 1.29 is 14.3 Å². The molecule has 0 atom stereocenters. The molecule has 0 aliphatic carbocycles. The Labute approximate surface area is 193 Å². The van der Waals surface area contributed by atoms with Crippen LogP contribution in [0.2, 0.25) is 0 Å². The molecule has 32 heavy (non-hydrogen) atoms. The number of carbonyl (C=O) groups is 1. The zero-order valence-electron chi connectivity index (χ0n) is 17.8. The largest absolute Gasteiger partial charge is 0.497 e. The van der Waals surface area contributed by atoms with E-state index in [4.69, 9.17) is 21.7 Å². The standard InChI is InChI=1S/C21H20N6O3S2/c1-11-5-6-13(19-26-27-12(2)24-25-21(27)32-19)9-17(11)22-20(31)23-18(28)14-7-15(29-3)10-16(8-14)30-4/h5-10H,1-4H3,(H2,22,23,28,31). The molecule has 0 unspecified atom stereocenters. The molecule has 164 valence electrons. The second-order valence-electron chi connectivity index (χ2n) is 6.89. The molecule has 0 aliphatic heterocycles. The zero-order valence-corrected chi connectivity index (χ0v) is 19.4. The number of aromatic nitrogens is 4. The number of carbonyl (C=O) groups excluding carboxylic acids is 1. The minimum Gasteiger partial charge on any atom is -0.497 e. The van der Waals surface area contributed by atoms with Crippen molar-refractivity contribution in [2.45, 2.75) is 13.8 Å². The fraction of sp³-hybridized carbons (Fsp3) is 0.190. The van der Waals surface area contributed by atoms with Crippen molar-refractivity contribution >= 4 is 45.2 Å². The summed E-state index contributed by atoms with van der Waals surface area (Å²) in [6, 6.07) is 10.8. The first kappa shape index (κ1) is 21.7. The van der Waals surface area contributed by atoms with Crippen LogP contribution in [0.3, 0.4) is 0 Å². The van der Waals surface area contributed by atoms with Crippen LogP contribution in [-0.4, -0.2) is 45.1 Å². The van der Waals surface area contributed by atoms with Crippen LogP contribution < -0.4 is 20.1 Å². The number of hydrogen-bond acceptors (Lipinski definition) is 8. The van der Waals surface area contributed by atoms with E-state index in [9.17, 15) is 4.79 Å². The molecule has 0 saturated carbocycles. The molecule has 0 fully saturated rings. The SMILES string of the molecule is COc1cc(OC)cc(C(=O)NC(=S)Nc2cc(-c3nn4c(C)nnc4s3)ccc2C)c1. The third-order valence-corrected chi connectivity index (χ3v) is 5.87.